The van der Waals surface area contributed by atoms with Crippen LogP contribution in [0.25, 0.3) is 0 Å². The Morgan fingerprint density at radius 2 is 2.46 bits per heavy atom. The summed E-state index contributed by atoms with van der Waals surface area (Å²) < 4.78 is 0. The van der Waals surface area contributed by atoms with E-state index in [1.54, 1.807) is 18.3 Å². The summed E-state index contributed by atoms with van der Waals surface area (Å²) in [5.41, 5.74) is 1.42. The van der Waals surface area contributed by atoms with Crippen molar-refractivity contribution in [3.63, 3.8) is 0 Å². The van der Waals surface area contributed by atoms with Gasteiger partial charge >= 0.3 is 0 Å². The molecule has 1 aromatic heterocycles. The highest BCUT2D eigenvalue weighted by atomic mass is 32.2. The minimum atomic E-state index is 0.0197. The van der Waals surface area contributed by atoms with Gasteiger partial charge in [0.05, 0.1) is 5.00 Å². The molecule has 1 aliphatic heterocycles. The van der Waals surface area contributed by atoms with Crippen LogP contribution in [0, 0.1) is 0 Å². The SMILES string of the molecule is CC(=O)Nc1cc2c(s1)CSCC2. The minimum Gasteiger partial charge on any atom is -0.318 e. The standard InChI is InChI=1S/C9H11NOS2/c1-6(11)10-9-4-7-2-3-12-5-8(7)13-9/h4H,2-3,5H2,1H3,(H,10,11). The predicted octanol–water partition coefficient (Wildman–Crippen LogP) is 2.50. The lowest BCUT2D eigenvalue weighted by Gasteiger charge is -2.08. The maximum Gasteiger partial charge on any atom is 0.221 e. The summed E-state index contributed by atoms with van der Waals surface area (Å²) in [6.45, 7) is 1.55. The number of rotatable bonds is 1. The van der Waals surface area contributed by atoms with Crippen molar-refractivity contribution in [2.24, 2.45) is 0 Å². The molecular weight excluding hydrogens is 202 g/mol. The van der Waals surface area contributed by atoms with Gasteiger partial charge in [-0.05, 0) is 23.8 Å². The van der Waals surface area contributed by atoms with Crippen LogP contribution >= 0.6 is 23.1 Å². The van der Waals surface area contributed by atoms with Crippen molar-refractivity contribution in [3.05, 3.63) is 16.5 Å². The van der Waals surface area contributed by atoms with Crippen molar-refractivity contribution in [2.75, 3.05) is 11.1 Å². The number of aryl methyl sites for hydroxylation is 1. The molecule has 0 spiro atoms. The van der Waals surface area contributed by atoms with E-state index in [2.05, 4.69) is 11.4 Å². The molecule has 1 amide bonds. The van der Waals surface area contributed by atoms with Crippen molar-refractivity contribution < 1.29 is 4.79 Å². The number of anilines is 1. The van der Waals surface area contributed by atoms with E-state index >= 15 is 0 Å². The monoisotopic (exact) mass is 213 g/mol. The highest BCUT2D eigenvalue weighted by Crippen LogP contribution is 2.34. The van der Waals surface area contributed by atoms with Gasteiger partial charge in [-0.3, -0.25) is 4.79 Å². The normalized spacial score (nSPS) is 15.2. The van der Waals surface area contributed by atoms with E-state index in [0.29, 0.717) is 0 Å². The lowest BCUT2D eigenvalue weighted by molar-refractivity contribution is -0.114. The van der Waals surface area contributed by atoms with Crippen molar-refractivity contribution in [2.45, 2.75) is 19.1 Å². The molecule has 0 radical (unpaired) electrons. The number of thioether (sulfide) groups is 1. The number of nitrogens with one attached hydrogen (secondary N) is 1. The molecule has 0 atom stereocenters. The van der Waals surface area contributed by atoms with E-state index in [-0.39, 0.29) is 5.91 Å². The van der Waals surface area contributed by atoms with E-state index in [4.69, 9.17) is 0 Å². The molecule has 0 fully saturated rings. The number of hydrogen-bond acceptors (Lipinski definition) is 3. The van der Waals surface area contributed by atoms with Crippen LogP contribution in [0.15, 0.2) is 6.07 Å². The van der Waals surface area contributed by atoms with E-state index in [1.807, 2.05) is 11.8 Å². The first-order valence-electron chi connectivity index (χ1n) is 4.22. The largest absolute Gasteiger partial charge is 0.318 e. The molecule has 0 bridgehead atoms. The van der Waals surface area contributed by atoms with Crippen LogP contribution in [0.2, 0.25) is 0 Å². The molecule has 0 unspecified atom stereocenters. The number of carbonyl (C=O) groups excluding carboxylic acids is 1. The fourth-order valence-corrected chi connectivity index (χ4v) is 3.70. The molecule has 2 heterocycles. The summed E-state index contributed by atoms with van der Waals surface area (Å²) in [5.74, 6) is 2.34. The molecular formula is C9H11NOS2. The topological polar surface area (TPSA) is 29.1 Å². The second-order valence-corrected chi connectivity index (χ2v) is 5.28. The average Bonchev–Trinajstić information content (AvgIpc) is 2.44. The average molecular weight is 213 g/mol. The molecule has 4 heteroatoms. The van der Waals surface area contributed by atoms with Gasteiger partial charge in [-0.1, -0.05) is 0 Å². The molecule has 70 valence electrons. The predicted molar refractivity (Wildman–Crippen MR) is 58.5 cm³/mol. The molecule has 0 aliphatic carbocycles. The van der Waals surface area contributed by atoms with Crippen LogP contribution < -0.4 is 5.32 Å². The smallest absolute Gasteiger partial charge is 0.221 e. The Hall–Kier alpha value is -0.480. The number of hydrogen-bond donors (Lipinski definition) is 1. The van der Waals surface area contributed by atoms with Crippen LogP contribution in [0.1, 0.15) is 17.4 Å². The van der Waals surface area contributed by atoms with E-state index < -0.39 is 0 Å². The maximum atomic E-state index is 10.8. The molecule has 1 aromatic rings. The first-order valence-corrected chi connectivity index (χ1v) is 6.20. The number of thiophene rings is 1. The van der Waals surface area contributed by atoms with Gasteiger partial charge in [0.1, 0.15) is 0 Å². The fraction of sp³-hybridized carbons (Fsp3) is 0.444. The Kier molecular flexibility index (Phi) is 2.60. The summed E-state index contributed by atoms with van der Waals surface area (Å²) >= 11 is 3.68. The number of amides is 1. The zero-order valence-corrected chi connectivity index (χ0v) is 9.06. The van der Waals surface area contributed by atoms with Crippen LogP contribution in [0.4, 0.5) is 5.00 Å². The first kappa shape index (κ1) is 9.09. The third-order valence-corrected chi connectivity index (χ3v) is 4.21. The molecule has 2 rings (SSSR count). The fourth-order valence-electron chi connectivity index (χ4n) is 1.38. The van der Waals surface area contributed by atoms with Gasteiger partial charge in [0, 0.05) is 17.6 Å². The Morgan fingerprint density at radius 1 is 1.62 bits per heavy atom. The van der Waals surface area contributed by atoms with Gasteiger partial charge in [0.2, 0.25) is 5.91 Å². The third-order valence-electron chi connectivity index (χ3n) is 1.94. The van der Waals surface area contributed by atoms with E-state index in [1.165, 1.54) is 16.2 Å². The second-order valence-electron chi connectivity index (χ2n) is 3.04. The summed E-state index contributed by atoms with van der Waals surface area (Å²) in [6, 6.07) is 2.11. The zero-order chi connectivity index (χ0) is 9.26. The van der Waals surface area contributed by atoms with Gasteiger partial charge in [0.15, 0.2) is 0 Å². The van der Waals surface area contributed by atoms with Gasteiger partial charge < -0.3 is 5.32 Å². The number of carbonyl (C=O) groups is 1. The van der Waals surface area contributed by atoms with Crippen LogP contribution in [-0.4, -0.2) is 11.7 Å². The molecule has 1 aliphatic rings. The summed E-state index contributed by atoms with van der Waals surface area (Å²) in [6.07, 6.45) is 1.15. The van der Waals surface area contributed by atoms with E-state index in [9.17, 15) is 4.79 Å². The number of fused-ring (bicyclic) bond motifs is 1. The summed E-state index contributed by atoms with van der Waals surface area (Å²) in [5, 5.41) is 3.83. The van der Waals surface area contributed by atoms with Crippen LogP contribution in [-0.2, 0) is 17.0 Å². The summed E-state index contributed by atoms with van der Waals surface area (Å²) in [7, 11) is 0. The van der Waals surface area contributed by atoms with Crippen molar-refractivity contribution in [1.29, 1.82) is 0 Å². The molecule has 0 aromatic carbocycles. The summed E-state index contributed by atoms with van der Waals surface area (Å²) in [4.78, 5) is 12.2. The zero-order valence-electron chi connectivity index (χ0n) is 7.42. The van der Waals surface area contributed by atoms with Gasteiger partial charge in [-0.25, -0.2) is 0 Å². The molecule has 0 saturated heterocycles. The van der Waals surface area contributed by atoms with Crippen molar-refractivity contribution in [1.82, 2.24) is 0 Å². The van der Waals surface area contributed by atoms with Crippen molar-refractivity contribution in [3.8, 4) is 0 Å². The highest BCUT2D eigenvalue weighted by molar-refractivity contribution is 7.98. The lowest BCUT2D eigenvalue weighted by Crippen LogP contribution is -2.03. The Balaban J connectivity index is 2.20. The quantitative estimate of drug-likeness (QED) is 0.776. The molecule has 1 N–H and O–H groups in total. The first-order chi connectivity index (χ1) is 6.25. The Bertz CT molecular complexity index is 309. The highest BCUT2D eigenvalue weighted by Gasteiger charge is 2.13. The van der Waals surface area contributed by atoms with Gasteiger partial charge in [-0.15, -0.1) is 11.3 Å². The Morgan fingerprint density at radius 3 is 3.15 bits per heavy atom. The minimum absolute atomic E-state index is 0.0197. The third kappa shape index (κ3) is 2.06. The molecule has 2 nitrogen and oxygen atoms in total. The Labute approximate surface area is 85.7 Å². The van der Waals surface area contributed by atoms with Crippen LogP contribution in [0.3, 0.4) is 0 Å². The van der Waals surface area contributed by atoms with Gasteiger partial charge in [0.25, 0.3) is 0 Å². The van der Waals surface area contributed by atoms with Crippen LogP contribution in [0.5, 0.6) is 0 Å². The molecule has 0 saturated carbocycles. The van der Waals surface area contributed by atoms with Gasteiger partial charge in [-0.2, -0.15) is 11.8 Å². The van der Waals surface area contributed by atoms with Crippen molar-refractivity contribution >= 4 is 34.0 Å². The molecule has 13 heavy (non-hydrogen) atoms. The van der Waals surface area contributed by atoms with E-state index in [0.717, 1.165) is 17.2 Å². The lowest BCUT2D eigenvalue weighted by atomic mass is 10.2. The maximum absolute atomic E-state index is 10.8. The second kappa shape index (κ2) is 3.72.